The highest BCUT2D eigenvalue weighted by molar-refractivity contribution is 7.56. The van der Waals surface area contributed by atoms with Gasteiger partial charge in [0.15, 0.2) is 6.17 Å². The molecule has 1 saturated heterocycles. The Morgan fingerprint density at radius 2 is 2.09 bits per heavy atom. The molecule has 2 rings (SSSR count). The molecule has 0 radical (unpaired) electrons. The number of benzene rings is 1. The lowest BCUT2D eigenvalue weighted by molar-refractivity contribution is -0.0388. The highest BCUT2D eigenvalue weighted by Gasteiger charge is 2.46. The zero-order valence-electron chi connectivity index (χ0n) is 14.3. The highest BCUT2D eigenvalue weighted by atomic mass is 31.2. The first kappa shape index (κ1) is 16.8. The van der Waals surface area contributed by atoms with Crippen LogP contribution in [-0.4, -0.2) is 36.5 Å². The van der Waals surface area contributed by atoms with Crippen molar-refractivity contribution in [1.29, 1.82) is 0 Å². The lowest BCUT2D eigenvalue weighted by Gasteiger charge is -2.20. The predicted octanol–water partition coefficient (Wildman–Crippen LogP) is 3.60. The van der Waals surface area contributed by atoms with Gasteiger partial charge in [0.25, 0.3) is 0 Å². The van der Waals surface area contributed by atoms with Crippen molar-refractivity contribution in [1.82, 2.24) is 0 Å². The first-order chi connectivity index (χ1) is 11.2. The lowest BCUT2D eigenvalue weighted by Crippen LogP contribution is -2.32. The molecule has 7 heteroatoms. The molecule has 0 spiro atoms. The standard InChI is InChI=1S/C16H22FO5P/c1-11(2)21-16-13(9-10-23(18,19)20-3)22-15(14(16)17)12-7-5-4-6-8-12/h4-11,13-16H,1-3H3,(H,18,19)/b10-9+/t13-,14+,15+,16-/m1/s1/i9D. The Kier molecular flexibility index (Phi) is 5.62. The van der Waals surface area contributed by atoms with Crippen molar-refractivity contribution in [3.8, 4) is 0 Å². The van der Waals surface area contributed by atoms with Gasteiger partial charge in [0.05, 0.1) is 7.47 Å². The Morgan fingerprint density at radius 3 is 2.65 bits per heavy atom. The summed E-state index contributed by atoms with van der Waals surface area (Å²) in [5.74, 6) is 0.758. The number of rotatable bonds is 6. The lowest BCUT2D eigenvalue weighted by atomic mass is 10.0. The first-order valence-corrected chi connectivity index (χ1v) is 8.97. The smallest absolute Gasteiger partial charge is 0.351 e. The van der Waals surface area contributed by atoms with Crippen LogP contribution >= 0.6 is 7.60 Å². The molecular weight excluding hydrogens is 322 g/mol. The van der Waals surface area contributed by atoms with Gasteiger partial charge < -0.3 is 18.9 Å². The minimum absolute atomic E-state index is 0.287. The average molecular weight is 345 g/mol. The summed E-state index contributed by atoms with van der Waals surface area (Å²) in [6.07, 6.45) is -4.84. The number of halogens is 1. The Hall–Kier alpha value is -1.04. The molecular formula is C16H22FO5P. The number of hydrogen-bond donors (Lipinski definition) is 1. The summed E-state index contributed by atoms with van der Waals surface area (Å²) in [6.45, 7) is 3.50. The topological polar surface area (TPSA) is 65.0 Å². The van der Waals surface area contributed by atoms with E-state index in [2.05, 4.69) is 4.52 Å². The number of ether oxygens (including phenoxy) is 2. The van der Waals surface area contributed by atoms with E-state index in [0.29, 0.717) is 5.56 Å². The van der Waals surface area contributed by atoms with E-state index in [1.54, 1.807) is 38.1 Å². The van der Waals surface area contributed by atoms with Crippen molar-refractivity contribution in [3.63, 3.8) is 0 Å². The van der Waals surface area contributed by atoms with E-state index >= 15 is 0 Å². The van der Waals surface area contributed by atoms with Crippen molar-refractivity contribution in [3.05, 3.63) is 47.8 Å². The van der Waals surface area contributed by atoms with Crippen LogP contribution in [-0.2, 0) is 18.6 Å². The molecule has 1 aromatic rings. The van der Waals surface area contributed by atoms with E-state index in [0.717, 1.165) is 12.9 Å². The normalized spacial score (nSPS) is 31.9. The summed E-state index contributed by atoms with van der Waals surface area (Å²) < 4.78 is 50.3. The maximum atomic E-state index is 14.9. The highest BCUT2D eigenvalue weighted by Crippen LogP contribution is 2.44. The van der Waals surface area contributed by atoms with Crippen molar-refractivity contribution in [2.45, 2.75) is 44.4 Å². The van der Waals surface area contributed by atoms with Crippen molar-refractivity contribution in [2.75, 3.05) is 7.11 Å². The second kappa shape index (κ2) is 7.69. The van der Waals surface area contributed by atoms with E-state index in [1.165, 1.54) is 0 Å². The van der Waals surface area contributed by atoms with Crippen LogP contribution in [0.15, 0.2) is 42.2 Å². The minimum atomic E-state index is -4.06. The second-order valence-corrected chi connectivity index (χ2v) is 7.28. The maximum Gasteiger partial charge on any atom is 0.351 e. The molecule has 1 N–H and O–H groups in total. The van der Waals surface area contributed by atoms with Crippen molar-refractivity contribution < 1.29 is 29.2 Å². The average Bonchev–Trinajstić information content (AvgIpc) is 2.84. The van der Waals surface area contributed by atoms with Gasteiger partial charge in [-0.1, -0.05) is 30.3 Å². The van der Waals surface area contributed by atoms with Gasteiger partial charge in [0.1, 0.15) is 18.3 Å². The van der Waals surface area contributed by atoms with E-state index in [-0.39, 0.29) is 12.2 Å². The SMILES string of the molecule is [2H]/C(=C\P(=O)(O)OC)[C@H]1O[C@@H](c2ccccc2)[C@H](F)[C@@H]1OC(C)C. The zero-order valence-corrected chi connectivity index (χ0v) is 14.2. The van der Waals surface area contributed by atoms with Gasteiger partial charge in [-0.15, -0.1) is 0 Å². The van der Waals surface area contributed by atoms with Crippen LogP contribution < -0.4 is 0 Å². The van der Waals surface area contributed by atoms with Gasteiger partial charge in [-0.05, 0) is 25.5 Å². The number of hydrogen-bond acceptors (Lipinski definition) is 4. The van der Waals surface area contributed by atoms with Gasteiger partial charge in [-0.25, -0.2) is 4.39 Å². The predicted molar refractivity (Wildman–Crippen MR) is 84.9 cm³/mol. The first-order valence-electron chi connectivity index (χ1n) is 7.82. The molecule has 1 aliphatic rings. The van der Waals surface area contributed by atoms with E-state index < -0.39 is 32.1 Å². The van der Waals surface area contributed by atoms with Crippen LogP contribution in [0.25, 0.3) is 0 Å². The summed E-state index contributed by atoms with van der Waals surface area (Å²) in [6, 6.07) is 8.45. The van der Waals surface area contributed by atoms with E-state index in [1.807, 2.05) is 6.07 Å². The summed E-state index contributed by atoms with van der Waals surface area (Å²) in [7, 11) is -3.00. The quantitative estimate of drug-likeness (QED) is 0.798. The summed E-state index contributed by atoms with van der Waals surface area (Å²) >= 11 is 0. The molecule has 1 unspecified atom stereocenters. The van der Waals surface area contributed by atoms with Crippen LogP contribution in [0.5, 0.6) is 0 Å². The third-order valence-corrected chi connectivity index (χ3v) is 4.41. The zero-order chi connectivity index (χ0) is 17.9. The van der Waals surface area contributed by atoms with Crippen molar-refractivity contribution >= 4 is 7.60 Å². The molecule has 0 aliphatic carbocycles. The Balaban J connectivity index is 2.32. The Labute approximate surface area is 137 Å². The fraction of sp³-hybridized carbons (Fsp3) is 0.500. The summed E-state index contributed by atoms with van der Waals surface area (Å²) in [5.41, 5.74) is 0.622. The largest absolute Gasteiger partial charge is 0.369 e. The van der Waals surface area contributed by atoms with Crippen LogP contribution in [0.1, 0.15) is 26.9 Å². The number of alkyl halides is 1. The molecule has 0 bridgehead atoms. The molecule has 128 valence electrons. The molecule has 1 fully saturated rings. The van der Waals surface area contributed by atoms with E-state index in [9.17, 15) is 13.8 Å². The van der Waals surface area contributed by atoms with Gasteiger partial charge in [-0.3, -0.25) is 4.57 Å². The van der Waals surface area contributed by atoms with Crippen LogP contribution in [0.4, 0.5) is 4.39 Å². The monoisotopic (exact) mass is 345 g/mol. The Morgan fingerprint density at radius 1 is 1.43 bits per heavy atom. The van der Waals surface area contributed by atoms with E-state index in [4.69, 9.17) is 10.8 Å². The summed E-state index contributed by atoms with van der Waals surface area (Å²) in [5, 5.41) is 0. The van der Waals surface area contributed by atoms with Gasteiger partial charge in [0, 0.05) is 12.9 Å². The van der Waals surface area contributed by atoms with Gasteiger partial charge in [-0.2, -0.15) is 0 Å². The fourth-order valence-corrected chi connectivity index (χ4v) is 2.81. The second-order valence-electron chi connectivity index (χ2n) is 5.52. The molecule has 23 heavy (non-hydrogen) atoms. The van der Waals surface area contributed by atoms with Gasteiger partial charge in [0.2, 0.25) is 0 Å². The molecule has 5 nitrogen and oxygen atoms in total. The molecule has 0 amide bonds. The molecule has 1 aromatic carbocycles. The van der Waals surface area contributed by atoms with Crippen molar-refractivity contribution in [2.24, 2.45) is 0 Å². The summed E-state index contributed by atoms with van der Waals surface area (Å²) in [4.78, 5) is 9.52. The molecule has 0 aromatic heterocycles. The molecule has 1 aliphatic heterocycles. The third-order valence-electron chi connectivity index (χ3n) is 3.42. The maximum absolute atomic E-state index is 14.9. The molecule has 5 atom stereocenters. The van der Waals surface area contributed by atoms with Crippen LogP contribution in [0, 0.1) is 0 Å². The van der Waals surface area contributed by atoms with Crippen LogP contribution in [0.3, 0.4) is 0 Å². The minimum Gasteiger partial charge on any atom is -0.369 e. The fourth-order valence-electron chi connectivity index (χ4n) is 2.37. The molecule has 0 saturated carbocycles. The Bertz CT molecular complexity index is 624. The third kappa shape index (κ3) is 4.72. The molecule has 1 heterocycles. The van der Waals surface area contributed by atoms with Gasteiger partial charge >= 0.3 is 7.60 Å². The van der Waals surface area contributed by atoms with Crippen LogP contribution in [0.2, 0.25) is 0 Å².